The van der Waals surface area contributed by atoms with Crippen molar-refractivity contribution in [2.75, 3.05) is 0 Å². The van der Waals surface area contributed by atoms with Crippen LogP contribution in [0.15, 0.2) is 78.9 Å². The Morgan fingerprint density at radius 1 is 0.586 bits per heavy atom. The standard InChI is InChI=1S/C25H24N4/c1-16(18-10-4-3-5-11-18)23(25-28-21-14-8-9-15-22(21)29-25)17(2)24-26-19-12-6-7-13-20(19)27-24/h3-17,23H,1-2H3,(H,26,27)(H,28,29). The summed E-state index contributed by atoms with van der Waals surface area (Å²) in [5, 5.41) is 0. The van der Waals surface area contributed by atoms with Crippen LogP contribution in [0.4, 0.5) is 0 Å². The van der Waals surface area contributed by atoms with Crippen molar-refractivity contribution in [1.82, 2.24) is 19.9 Å². The molecule has 3 atom stereocenters. The van der Waals surface area contributed by atoms with E-state index in [-0.39, 0.29) is 17.8 Å². The molecule has 5 aromatic rings. The molecule has 0 aliphatic carbocycles. The molecule has 144 valence electrons. The molecule has 0 saturated heterocycles. The molecule has 2 heterocycles. The monoisotopic (exact) mass is 380 g/mol. The highest BCUT2D eigenvalue weighted by Crippen LogP contribution is 2.42. The van der Waals surface area contributed by atoms with Gasteiger partial charge >= 0.3 is 0 Å². The molecule has 2 N–H and O–H groups in total. The second-order valence-electron chi connectivity index (χ2n) is 7.79. The zero-order chi connectivity index (χ0) is 19.8. The van der Waals surface area contributed by atoms with Crippen LogP contribution in [0.5, 0.6) is 0 Å². The smallest absolute Gasteiger partial charge is 0.111 e. The van der Waals surface area contributed by atoms with Gasteiger partial charge in [0, 0.05) is 11.8 Å². The van der Waals surface area contributed by atoms with E-state index in [4.69, 9.17) is 9.97 Å². The van der Waals surface area contributed by atoms with Crippen LogP contribution < -0.4 is 0 Å². The van der Waals surface area contributed by atoms with E-state index in [2.05, 4.69) is 78.4 Å². The third kappa shape index (κ3) is 3.21. The summed E-state index contributed by atoms with van der Waals surface area (Å²) in [6, 6.07) is 27.1. The van der Waals surface area contributed by atoms with E-state index in [1.807, 2.05) is 24.3 Å². The van der Waals surface area contributed by atoms with Crippen molar-refractivity contribution in [2.45, 2.75) is 31.6 Å². The lowest BCUT2D eigenvalue weighted by molar-refractivity contribution is 0.466. The highest BCUT2D eigenvalue weighted by Gasteiger charge is 2.32. The number of nitrogens with zero attached hydrogens (tertiary/aromatic N) is 2. The first-order chi connectivity index (χ1) is 14.2. The minimum atomic E-state index is 0.158. The van der Waals surface area contributed by atoms with E-state index in [0.717, 1.165) is 33.7 Å². The molecule has 5 rings (SSSR count). The summed E-state index contributed by atoms with van der Waals surface area (Å²) < 4.78 is 0. The maximum atomic E-state index is 4.96. The van der Waals surface area contributed by atoms with Gasteiger partial charge in [-0.2, -0.15) is 0 Å². The molecule has 0 spiro atoms. The molecule has 0 aliphatic rings. The van der Waals surface area contributed by atoms with Gasteiger partial charge in [0.2, 0.25) is 0 Å². The van der Waals surface area contributed by atoms with Gasteiger partial charge in [-0.25, -0.2) is 9.97 Å². The molecule has 4 heteroatoms. The van der Waals surface area contributed by atoms with Crippen LogP contribution in [0.3, 0.4) is 0 Å². The van der Waals surface area contributed by atoms with E-state index < -0.39 is 0 Å². The largest absolute Gasteiger partial charge is 0.342 e. The van der Waals surface area contributed by atoms with Gasteiger partial charge in [-0.3, -0.25) is 0 Å². The molecule has 0 fully saturated rings. The number of H-pyrrole nitrogens is 2. The van der Waals surface area contributed by atoms with Crippen molar-refractivity contribution in [2.24, 2.45) is 0 Å². The Hall–Kier alpha value is -3.40. The number of fused-ring (bicyclic) bond motifs is 2. The average Bonchev–Trinajstić information content (AvgIpc) is 3.38. The zero-order valence-electron chi connectivity index (χ0n) is 16.6. The van der Waals surface area contributed by atoms with Gasteiger partial charge in [0.15, 0.2) is 0 Å². The number of hydrogen-bond acceptors (Lipinski definition) is 2. The van der Waals surface area contributed by atoms with Crippen LogP contribution in [-0.2, 0) is 0 Å². The fourth-order valence-corrected chi connectivity index (χ4v) is 4.36. The molecule has 0 radical (unpaired) electrons. The number of aromatic nitrogens is 4. The quantitative estimate of drug-likeness (QED) is 0.385. The second kappa shape index (κ2) is 7.21. The summed E-state index contributed by atoms with van der Waals surface area (Å²) in [6.45, 7) is 4.53. The Morgan fingerprint density at radius 2 is 1.10 bits per heavy atom. The van der Waals surface area contributed by atoms with Gasteiger partial charge in [-0.15, -0.1) is 0 Å². The van der Waals surface area contributed by atoms with Crippen molar-refractivity contribution < 1.29 is 0 Å². The maximum absolute atomic E-state index is 4.96. The SMILES string of the molecule is CC(c1ccccc1)C(c1nc2ccccc2[nH]1)C(C)c1nc2ccccc2[nH]1. The fraction of sp³-hybridized carbons (Fsp3) is 0.200. The van der Waals surface area contributed by atoms with Crippen molar-refractivity contribution in [1.29, 1.82) is 0 Å². The molecule has 4 nitrogen and oxygen atoms in total. The lowest BCUT2D eigenvalue weighted by Crippen LogP contribution is -2.18. The molecular formula is C25H24N4. The first kappa shape index (κ1) is 17.7. The Labute approximate surface area is 170 Å². The van der Waals surface area contributed by atoms with Crippen molar-refractivity contribution in [3.63, 3.8) is 0 Å². The van der Waals surface area contributed by atoms with Gasteiger partial charge < -0.3 is 9.97 Å². The fourth-order valence-electron chi connectivity index (χ4n) is 4.36. The Kier molecular flexibility index (Phi) is 4.39. The van der Waals surface area contributed by atoms with Crippen molar-refractivity contribution in [3.05, 3.63) is 96.1 Å². The Bertz CT molecular complexity index is 1190. The number of para-hydroxylation sites is 4. The number of imidazole rings is 2. The van der Waals surface area contributed by atoms with E-state index in [9.17, 15) is 0 Å². The van der Waals surface area contributed by atoms with Crippen LogP contribution in [0, 0.1) is 0 Å². The minimum absolute atomic E-state index is 0.158. The van der Waals surface area contributed by atoms with Crippen LogP contribution in [-0.4, -0.2) is 19.9 Å². The van der Waals surface area contributed by atoms with E-state index in [1.165, 1.54) is 5.56 Å². The third-order valence-electron chi connectivity index (χ3n) is 5.97. The summed E-state index contributed by atoms with van der Waals surface area (Å²) in [6.07, 6.45) is 0. The van der Waals surface area contributed by atoms with Gasteiger partial charge in [-0.05, 0) is 35.7 Å². The number of nitrogens with one attached hydrogen (secondary N) is 2. The number of aromatic amines is 2. The lowest BCUT2D eigenvalue weighted by atomic mass is 9.78. The zero-order valence-corrected chi connectivity index (χ0v) is 16.6. The number of rotatable bonds is 5. The minimum Gasteiger partial charge on any atom is -0.342 e. The molecule has 3 aromatic carbocycles. The number of benzene rings is 3. The summed E-state index contributed by atoms with van der Waals surface area (Å²) >= 11 is 0. The maximum Gasteiger partial charge on any atom is 0.111 e. The molecule has 2 aromatic heterocycles. The van der Waals surface area contributed by atoms with E-state index in [1.54, 1.807) is 0 Å². The Balaban J connectivity index is 1.62. The predicted octanol–water partition coefficient (Wildman–Crippen LogP) is 6.13. The first-order valence-corrected chi connectivity index (χ1v) is 10.1. The van der Waals surface area contributed by atoms with Crippen LogP contribution in [0.1, 0.15) is 48.8 Å². The summed E-state index contributed by atoms with van der Waals surface area (Å²) in [5.41, 5.74) is 5.46. The highest BCUT2D eigenvalue weighted by molar-refractivity contribution is 5.76. The van der Waals surface area contributed by atoms with E-state index >= 15 is 0 Å². The van der Waals surface area contributed by atoms with Crippen LogP contribution in [0.2, 0.25) is 0 Å². The summed E-state index contributed by atoms with van der Waals surface area (Å²) in [7, 11) is 0. The van der Waals surface area contributed by atoms with E-state index in [0.29, 0.717) is 0 Å². The molecular weight excluding hydrogens is 356 g/mol. The van der Waals surface area contributed by atoms with Crippen molar-refractivity contribution in [3.8, 4) is 0 Å². The Morgan fingerprint density at radius 3 is 1.72 bits per heavy atom. The molecule has 0 amide bonds. The molecule has 3 unspecified atom stereocenters. The first-order valence-electron chi connectivity index (χ1n) is 10.1. The lowest BCUT2D eigenvalue weighted by Gasteiger charge is -2.27. The van der Waals surface area contributed by atoms with Gasteiger partial charge in [0.1, 0.15) is 11.6 Å². The van der Waals surface area contributed by atoms with Gasteiger partial charge in [0.25, 0.3) is 0 Å². The topological polar surface area (TPSA) is 57.4 Å². The van der Waals surface area contributed by atoms with Crippen LogP contribution in [0.25, 0.3) is 22.1 Å². The summed E-state index contributed by atoms with van der Waals surface area (Å²) in [4.78, 5) is 17.0. The molecule has 29 heavy (non-hydrogen) atoms. The second-order valence-corrected chi connectivity index (χ2v) is 7.79. The van der Waals surface area contributed by atoms with Crippen molar-refractivity contribution >= 4 is 22.1 Å². The molecule has 0 aliphatic heterocycles. The summed E-state index contributed by atoms with van der Waals surface area (Å²) in [5.74, 6) is 2.61. The van der Waals surface area contributed by atoms with Crippen LogP contribution >= 0.6 is 0 Å². The third-order valence-corrected chi connectivity index (χ3v) is 5.97. The van der Waals surface area contributed by atoms with Gasteiger partial charge in [0.05, 0.1) is 22.1 Å². The normalized spacial score (nSPS) is 14.8. The highest BCUT2D eigenvalue weighted by atomic mass is 15.0. The number of hydrogen-bond donors (Lipinski definition) is 2. The van der Waals surface area contributed by atoms with Gasteiger partial charge in [-0.1, -0.05) is 68.4 Å². The average molecular weight is 380 g/mol. The predicted molar refractivity (Wildman–Crippen MR) is 118 cm³/mol. The molecule has 0 saturated carbocycles. The molecule has 0 bridgehead atoms.